The van der Waals surface area contributed by atoms with Gasteiger partial charge in [-0.15, -0.1) is 34.0 Å². The maximum atomic E-state index is 3.30. The van der Waals surface area contributed by atoms with E-state index in [9.17, 15) is 0 Å². The predicted molar refractivity (Wildman–Crippen MR) is 651 cm³/mol. The third kappa shape index (κ3) is 27.9. The Bertz CT molecular complexity index is 6690. The summed E-state index contributed by atoms with van der Waals surface area (Å²) < 4.78 is 7.77. The van der Waals surface area contributed by atoms with Crippen molar-refractivity contribution >= 4 is 221 Å². The molecule has 0 aliphatic carbocycles. The first kappa shape index (κ1) is 108. The van der Waals surface area contributed by atoms with E-state index in [-0.39, 0.29) is 42.1 Å². The van der Waals surface area contributed by atoms with Crippen LogP contribution in [0.1, 0.15) is 105 Å². The molecule has 0 amide bonds. The molecule has 0 radical (unpaired) electrons. The van der Waals surface area contributed by atoms with E-state index in [4.69, 9.17) is 0 Å². The minimum atomic E-state index is -2.09. The number of rotatable bonds is 16. The molecule has 0 bridgehead atoms. The second-order valence-corrected chi connectivity index (χ2v) is 70.1. The van der Waals surface area contributed by atoms with E-state index < -0.39 is 50.1 Å². The molecule has 6 heterocycles. The van der Waals surface area contributed by atoms with Gasteiger partial charge in [0.15, 0.2) is 0 Å². The maximum Gasteiger partial charge on any atom is 0.101 e. The van der Waals surface area contributed by atoms with E-state index in [1.54, 1.807) is 25.6 Å². The van der Waals surface area contributed by atoms with Crippen molar-refractivity contribution in [3.8, 4) is 19.8 Å². The van der Waals surface area contributed by atoms with Gasteiger partial charge in [0.05, 0.1) is 14.8 Å². The molecular formula is C131H127BrN2P4PdS4Sn. The summed E-state index contributed by atoms with van der Waals surface area (Å²) in [7, 11) is -1.78. The molecule has 16 aromatic carbocycles. The first-order valence-electron chi connectivity index (χ1n) is 49.0. The minimum Gasteiger partial charge on any atom is -0.301 e. The first-order chi connectivity index (χ1) is 69.1. The van der Waals surface area contributed by atoms with Crippen molar-refractivity contribution in [2.24, 2.45) is 0 Å². The molecule has 22 rings (SSSR count). The van der Waals surface area contributed by atoms with Gasteiger partial charge in [0.2, 0.25) is 0 Å². The van der Waals surface area contributed by atoms with Crippen molar-refractivity contribution in [3.05, 3.63) is 522 Å². The summed E-state index contributed by atoms with van der Waals surface area (Å²) in [6, 6.07) is 175. The second-order valence-electron chi connectivity index (χ2n) is 40.4. The van der Waals surface area contributed by atoms with Gasteiger partial charge in [0.25, 0.3) is 0 Å². The predicted octanol–water partition coefficient (Wildman–Crippen LogP) is 33.4. The van der Waals surface area contributed by atoms with Crippen LogP contribution in [0.5, 0.6) is 0 Å². The molecule has 13 heteroatoms. The maximum absolute atomic E-state index is 3.30. The van der Waals surface area contributed by atoms with Gasteiger partial charge >= 0.3 is 191 Å². The minimum absolute atomic E-state index is 0. The van der Waals surface area contributed by atoms with E-state index in [1.165, 1.54) is 153 Å². The average molecular weight is 2290 g/mol. The molecule has 0 spiro atoms. The molecule has 0 saturated carbocycles. The fourth-order valence-corrected chi connectivity index (χ4v) is 35.5. The molecule has 0 atom stereocenters. The van der Waals surface area contributed by atoms with Crippen molar-refractivity contribution in [3.63, 3.8) is 0 Å². The molecule has 0 aliphatic heterocycles. The molecule has 0 N–H and O–H groups in total. The molecule has 0 aliphatic rings. The zero-order valence-electron chi connectivity index (χ0n) is 84.9. The zero-order chi connectivity index (χ0) is 100. The molecule has 0 unspecified atom stereocenters. The summed E-state index contributed by atoms with van der Waals surface area (Å²) in [5.74, 6) is 0. The van der Waals surface area contributed by atoms with E-state index in [2.05, 4.69) is 602 Å². The molecule has 22 aromatic rings. The van der Waals surface area contributed by atoms with Crippen LogP contribution < -0.4 is 66.5 Å². The number of fused-ring (bicyclic) bond motifs is 6. The summed E-state index contributed by atoms with van der Waals surface area (Å²) in [6.07, 6.45) is 0. The van der Waals surface area contributed by atoms with Crippen LogP contribution in [0.15, 0.2) is 500 Å². The van der Waals surface area contributed by atoms with Crippen molar-refractivity contribution in [2.45, 2.75) is 120 Å². The Morgan fingerprint density at radius 1 is 0.215 bits per heavy atom. The smallest absolute Gasteiger partial charge is 0.101 e. The normalized spacial score (nSPS) is 11.5. The Balaban J connectivity index is 0.000000130. The van der Waals surface area contributed by atoms with Gasteiger partial charge in [0.1, 0.15) is 5.00 Å². The number of hydrogen-bond acceptors (Lipinski definition) is 4. The monoisotopic (exact) mass is 2280 g/mol. The van der Waals surface area contributed by atoms with Crippen LogP contribution in [0.4, 0.5) is 0 Å². The van der Waals surface area contributed by atoms with E-state index in [0.717, 1.165) is 0 Å². The zero-order valence-corrected chi connectivity index (χ0v) is 97.7. The Kier molecular flexibility index (Phi) is 37.7. The van der Waals surface area contributed by atoms with Crippen LogP contribution in [-0.2, 0) is 42.1 Å². The van der Waals surface area contributed by atoms with Crippen LogP contribution in [0.3, 0.4) is 0 Å². The number of thiophene rings is 4. The standard InChI is InChI=1S/C28H29NS2.C24H26NS.4C18H15P.C4H3BrS.3CH3.Pd.Sn/c1-27(2,3)18-9-11-22-20(16-18)21-17-19(28(4,5)6)10-12-23(21)29(22)26-14-13-25(31-26)24-8-7-15-30-24;1-23(2,3)16-9-11-20-18(14-16)19-15-17(24(4,5)6)10-12-21(19)25(20)22-8-7-13-26-22;4*1-4-10-16(11-5-1)19(17-12-6-2-7-13-17)18-14-8-3-9-15-18;5-4-2-1-3-6-4;;;;;/h7-17H,1-6H3;7-12,14-15H,1-6H3;4*1-15H;1-3H;3*1H3;;. The first-order valence-corrected chi connectivity index (χ1v) is 68.6. The molecule has 6 aromatic heterocycles. The Labute approximate surface area is 903 Å². The van der Waals surface area contributed by atoms with Crippen molar-refractivity contribution in [1.82, 2.24) is 9.13 Å². The Hall–Kier alpha value is -10.4. The van der Waals surface area contributed by atoms with Gasteiger partial charge in [-0.1, -0.05) is 430 Å². The summed E-state index contributed by atoms with van der Waals surface area (Å²) >= 11 is 8.59. The van der Waals surface area contributed by atoms with Gasteiger partial charge in [-0.2, -0.15) is 0 Å². The van der Waals surface area contributed by atoms with E-state index in [1.807, 2.05) is 40.2 Å². The molecule has 144 heavy (non-hydrogen) atoms. The molecule has 2 nitrogen and oxygen atoms in total. The Morgan fingerprint density at radius 3 is 0.597 bits per heavy atom. The van der Waals surface area contributed by atoms with Crippen LogP contribution in [-0.4, -0.2) is 27.5 Å². The summed E-state index contributed by atoms with van der Waals surface area (Å²) in [6.45, 7) is 27.6. The number of hydrogen-bond donors (Lipinski definition) is 0. The van der Waals surface area contributed by atoms with Crippen LogP contribution >= 0.6 is 93.0 Å². The molecule has 0 fully saturated rings. The summed E-state index contributed by atoms with van der Waals surface area (Å²) in [4.78, 5) is 10.2. The van der Waals surface area contributed by atoms with Crippen LogP contribution in [0, 0.1) is 0 Å². The topological polar surface area (TPSA) is 9.86 Å². The quantitative estimate of drug-likeness (QED) is 0.0674. The van der Waals surface area contributed by atoms with Crippen molar-refractivity contribution in [1.29, 1.82) is 0 Å². The largest absolute Gasteiger partial charge is 0.301 e. The van der Waals surface area contributed by atoms with Crippen molar-refractivity contribution < 1.29 is 20.4 Å². The number of halogens is 1. The summed E-state index contributed by atoms with van der Waals surface area (Å²) in [5, 5.41) is 29.0. The summed E-state index contributed by atoms with van der Waals surface area (Å²) in [5.41, 5.74) is 11.3. The van der Waals surface area contributed by atoms with Crippen molar-refractivity contribution in [2.75, 3.05) is 0 Å². The van der Waals surface area contributed by atoms with Crippen LogP contribution in [0.25, 0.3) is 63.4 Å². The number of benzene rings is 16. The average Bonchev–Trinajstić information content (AvgIpc) is 1.58. The van der Waals surface area contributed by atoms with E-state index >= 15 is 0 Å². The van der Waals surface area contributed by atoms with Gasteiger partial charge < -0.3 is 4.57 Å². The van der Waals surface area contributed by atoms with Gasteiger partial charge in [-0.25, -0.2) is 0 Å². The molecule has 0 saturated heterocycles. The number of nitrogens with zero attached hydrogens (tertiary/aromatic N) is 2. The third-order valence-corrected chi connectivity index (χ3v) is 48.7. The third-order valence-electron chi connectivity index (χ3n) is 24.8. The number of aromatic nitrogens is 2. The Morgan fingerprint density at radius 2 is 0.424 bits per heavy atom. The fraction of sp³-hybridized carbons (Fsp3) is 0.145. The van der Waals surface area contributed by atoms with E-state index in [0.29, 0.717) is 0 Å². The SMILES string of the molecule is Brc1cccs1.CC(C)(C)c1ccc2c(c1)c1cc(C(C)(C)C)ccc1n2-c1cc[c]([Sn]([CH3])([CH3])[CH3])s1.CC(C)(C)c1ccc2c(c1)c1cc(C(C)(C)C)ccc1n2-c1ccc(-c2cccs2)s1.[Pd].c1ccc(P(c2ccccc2)c2ccccc2)cc1.c1ccc(P(c2ccccc2)c2ccccc2)cc1.c1ccc(P(c2ccccc2)c2ccccc2)cc1.c1ccc(P(c2ccccc2)c2ccccc2)cc1. The second kappa shape index (κ2) is 50.3. The van der Waals surface area contributed by atoms with Gasteiger partial charge in [0, 0.05) is 40.9 Å². The van der Waals surface area contributed by atoms with Gasteiger partial charge in [-0.05, 0) is 193 Å². The fourth-order valence-electron chi connectivity index (χ4n) is 17.2. The molecule has 726 valence electrons. The van der Waals surface area contributed by atoms with Crippen LogP contribution in [0.2, 0.25) is 14.8 Å². The molecular weight excluding hydrogens is 2160 g/mol. The van der Waals surface area contributed by atoms with Gasteiger partial charge in [-0.3, -0.25) is 0 Å².